The SMILES string of the molecule is CC/C=C\C/C=C\C/C=C\CCCCCCCCCC(=O)NC(COP(=O)(O)OCC(O)COC(=O)CCCCCCCCCCCCCCCCCCC)C(=O)O. The molecule has 12 heteroatoms. The Morgan fingerprint density at radius 2 is 1.00 bits per heavy atom. The number of aliphatic hydroxyl groups is 1. The molecule has 0 aromatic carbocycles. The number of esters is 1. The van der Waals surface area contributed by atoms with E-state index < -0.39 is 57.6 Å². The Labute approximate surface area is 352 Å². The van der Waals surface area contributed by atoms with Crippen molar-refractivity contribution in [3.63, 3.8) is 0 Å². The van der Waals surface area contributed by atoms with Crippen LogP contribution in [0.15, 0.2) is 36.5 Å². The number of nitrogens with one attached hydrogen (secondary N) is 1. The maximum atomic E-state index is 12.3. The van der Waals surface area contributed by atoms with Gasteiger partial charge in [-0.1, -0.05) is 185 Å². The molecule has 0 aliphatic carbocycles. The van der Waals surface area contributed by atoms with Gasteiger partial charge >= 0.3 is 19.8 Å². The number of carbonyl (C=O) groups excluding carboxylic acids is 2. The summed E-state index contributed by atoms with van der Waals surface area (Å²) in [5, 5.41) is 21.8. The minimum Gasteiger partial charge on any atom is -0.480 e. The minimum atomic E-state index is -4.76. The first-order valence-corrected chi connectivity index (χ1v) is 24.5. The first kappa shape index (κ1) is 55.7. The maximum Gasteiger partial charge on any atom is 0.472 e. The van der Waals surface area contributed by atoms with Crippen LogP contribution in [-0.4, -0.2) is 64.9 Å². The summed E-state index contributed by atoms with van der Waals surface area (Å²) in [6.07, 6.45) is 44.5. The second kappa shape index (κ2) is 41.4. The molecule has 0 saturated carbocycles. The number of amides is 1. The van der Waals surface area contributed by atoms with Gasteiger partial charge in [0.1, 0.15) is 12.7 Å². The van der Waals surface area contributed by atoms with Crippen LogP contribution in [-0.2, 0) is 32.7 Å². The van der Waals surface area contributed by atoms with Gasteiger partial charge in [0.15, 0.2) is 6.04 Å². The Morgan fingerprint density at radius 3 is 1.50 bits per heavy atom. The molecule has 3 atom stereocenters. The molecule has 0 aromatic rings. The topological polar surface area (TPSA) is 169 Å². The quantitative estimate of drug-likeness (QED) is 0.0201. The third-order valence-corrected chi connectivity index (χ3v) is 10.9. The van der Waals surface area contributed by atoms with Crippen LogP contribution >= 0.6 is 7.82 Å². The van der Waals surface area contributed by atoms with E-state index in [1.165, 1.54) is 83.5 Å². The first-order chi connectivity index (χ1) is 28.1. The fourth-order valence-corrected chi connectivity index (χ4v) is 7.16. The molecule has 0 heterocycles. The highest BCUT2D eigenvalue weighted by Crippen LogP contribution is 2.43. The van der Waals surface area contributed by atoms with Gasteiger partial charge in [0.05, 0.1) is 13.2 Å². The van der Waals surface area contributed by atoms with Gasteiger partial charge in [-0.05, 0) is 44.9 Å². The zero-order chi connectivity index (χ0) is 42.8. The van der Waals surface area contributed by atoms with Gasteiger partial charge in [-0.15, -0.1) is 0 Å². The molecule has 0 bridgehead atoms. The van der Waals surface area contributed by atoms with Gasteiger partial charge in [-0.2, -0.15) is 0 Å². The Bertz CT molecular complexity index is 1130. The number of carboxylic acid groups (broad SMARTS) is 1. The third kappa shape index (κ3) is 40.5. The number of hydrogen-bond donors (Lipinski definition) is 4. The molecule has 0 saturated heterocycles. The lowest BCUT2D eigenvalue weighted by atomic mass is 10.0. The van der Waals surface area contributed by atoms with Crippen LogP contribution in [0.25, 0.3) is 0 Å². The first-order valence-electron chi connectivity index (χ1n) is 23.0. The van der Waals surface area contributed by atoms with Crippen LogP contribution in [0.3, 0.4) is 0 Å². The van der Waals surface area contributed by atoms with Crippen molar-refractivity contribution in [3.05, 3.63) is 36.5 Å². The highest BCUT2D eigenvalue weighted by atomic mass is 31.2. The van der Waals surface area contributed by atoms with E-state index in [2.05, 4.69) is 55.6 Å². The lowest BCUT2D eigenvalue weighted by Crippen LogP contribution is -2.43. The van der Waals surface area contributed by atoms with Crippen molar-refractivity contribution >= 4 is 25.7 Å². The predicted octanol–water partition coefficient (Wildman–Crippen LogP) is 12.0. The monoisotopic (exact) mass is 842 g/mol. The highest BCUT2D eigenvalue weighted by Gasteiger charge is 2.28. The molecule has 0 aliphatic heterocycles. The van der Waals surface area contributed by atoms with Crippen LogP contribution in [0.4, 0.5) is 0 Å². The molecular weight excluding hydrogens is 757 g/mol. The molecule has 338 valence electrons. The predicted molar refractivity (Wildman–Crippen MR) is 236 cm³/mol. The van der Waals surface area contributed by atoms with E-state index in [-0.39, 0.29) is 12.8 Å². The third-order valence-electron chi connectivity index (χ3n) is 9.94. The van der Waals surface area contributed by atoms with E-state index in [1.807, 2.05) is 0 Å². The lowest BCUT2D eigenvalue weighted by Gasteiger charge is -2.18. The Balaban J connectivity index is 3.87. The van der Waals surface area contributed by atoms with E-state index in [9.17, 15) is 34.1 Å². The van der Waals surface area contributed by atoms with Crippen molar-refractivity contribution in [1.29, 1.82) is 0 Å². The normalized spacial score (nSPS) is 14.0. The molecule has 0 fully saturated rings. The lowest BCUT2D eigenvalue weighted by molar-refractivity contribution is -0.147. The molecule has 0 aliphatic rings. The summed E-state index contributed by atoms with van der Waals surface area (Å²) >= 11 is 0. The van der Waals surface area contributed by atoms with Crippen molar-refractivity contribution in [2.75, 3.05) is 19.8 Å². The van der Waals surface area contributed by atoms with Gasteiger partial charge in [-0.3, -0.25) is 18.6 Å². The van der Waals surface area contributed by atoms with E-state index >= 15 is 0 Å². The summed E-state index contributed by atoms with van der Waals surface area (Å²) in [6, 6.07) is -1.55. The molecule has 1 amide bonds. The number of phosphoric acid groups is 1. The number of ether oxygens (including phenoxy) is 1. The van der Waals surface area contributed by atoms with Crippen LogP contribution in [0.5, 0.6) is 0 Å². The number of carbonyl (C=O) groups is 3. The van der Waals surface area contributed by atoms with Crippen LogP contribution < -0.4 is 5.32 Å². The van der Waals surface area contributed by atoms with Crippen LogP contribution in [0.2, 0.25) is 0 Å². The van der Waals surface area contributed by atoms with E-state index in [1.54, 1.807) is 0 Å². The fourth-order valence-electron chi connectivity index (χ4n) is 6.39. The number of rotatable bonds is 43. The van der Waals surface area contributed by atoms with Gasteiger partial charge in [0, 0.05) is 12.8 Å². The van der Waals surface area contributed by atoms with Gasteiger partial charge < -0.3 is 25.2 Å². The highest BCUT2D eigenvalue weighted by molar-refractivity contribution is 7.47. The zero-order valence-corrected chi connectivity index (χ0v) is 37.5. The molecule has 11 nitrogen and oxygen atoms in total. The molecule has 0 radical (unpaired) electrons. The number of unbranched alkanes of at least 4 members (excludes halogenated alkanes) is 23. The van der Waals surface area contributed by atoms with E-state index in [0.29, 0.717) is 12.8 Å². The van der Waals surface area contributed by atoms with Crippen molar-refractivity contribution < 1.29 is 47.8 Å². The number of hydrogen-bond acceptors (Lipinski definition) is 8. The number of phosphoric ester groups is 1. The summed E-state index contributed by atoms with van der Waals surface area (Å²) in [5.41, 5.74) is 0. The summed E-state index contributed by atoms with van der Waals surface area (Å²) in [7, 11) is -4.76. The standard InChI is InChI=1S/C46H84NO10P/c1-3-5-7-9-11-13-15-17-19-21-23-25-27-29-31-33-35-37-44(49)47-43(46(51)52)41-57-58(53,54)56-40-42(48)39-55-45(50)38-36-34-32-30-28-26-24-22-20-18-16-14-12-10-8-6-4-2/h5,7,11,13,17,19,42-43,48H,3-4,6,8-10,12,14-16,18,20-41H2,1-2H3,(H,47,49)(H,51,52)(H,53,54)/b7-5-,13-11-,19-17-. The Morgan fingerprint density at radius 1 is 0.569 bits per heavy atom. The molecule has 3 unspecified atom stereocenters. The molecule has 0 spiro atoms. The van der Waals surface area contributed by atoms with Gasteiger partial charge in [0.25, 0.3) is 0 Å². The minimum absolute atomic E-state index is 0.135. The Kier molecular flexibility index (Phi) is 39.8. The summed E-state index contributed by atoms with van der Waals surface area (Å²) < 4.78 is 26.9. The largest absolute Gasteiger partial charge is 0.480 e. The van der Waals surface area contributed by atoms with E-state index in [0.717, 1.165) is 83.5 Å². The van der Waals surface area contributed by atoms with Crippen molar-refractivity contribution in [3.8, 4) is 0 Å². The Hall–Kier alpha value is -2.30. The van der Waals surface area contributed by atoms with Crippen molar-refractivity contribution in [2.24, 2.45) is 0 Å². The molecule has 58 heavy (non-hydrogen) atoms. The second-order valence-corrected chi connectivity index (χ2v) is 17.0. The summed E-state index contributed by atoms with van der Waals surface area (Å²) in [4.78, 5) is 46.0. The van der Waals surface area contributed by atoms with Gasteiger partial charge in [-0.25, -0.2) is 9.36 Å². The molecule has 0 aromatic heterocycles. The molecular formula is C46H84NO10P. The van der Waals surface area contributed by atoms with Gasteiger partial charge in [0.2, 0.25) is 5.91 Å². The number of aliphatic hydroxyl groups excluding tert-OH is 1. The summed E-state index contributed by atoms with van der Waals surface area (Å²) in [6.45, 7) is 2.50. The van der Waals surface area contributed by atoms with Crippen molar-refractivity contribution in [2.45, 2.75) is 219 Å². The average molecular weight is 842 g/mol. The maximum absolute atomic E-state index is 12.3. The smallest absolute Gasteiger partial charge is 0.472 e. The number of aliphatic carboxylic acids is 1. The van der Waals surface area contributed by atoms with E-state index in [4.69, 9.17) is 13.8 Å². The zero-order valence-electron chi connectivity index (χ0n) is 36.6. The van der Waals surface area contributed by atoms with Crippen LogP contribution in [0, 0.1) is 0 Å². The second-order valence-electron chi connectivity index (χ2n) is 15.6. The molecule has 4 N–H and O–H groups in total. The average Bonchev–Trinajstić information content (AvgIpc) is 3.20. The fraction of sp³-hybridized carbons (Fsp3) is 0.804. The molecule has 0 rings (SSSR count). The summed E-state index contributed by atoms with van der Waals surface area (Å²) in [5.74, 6) is -2.38. The number of allylic oxidation sites excluding steroid dienone is 6. The van der Waals surface area contributed by atoms with Crippen LogP contribution in [0.1, 0.15) is 206 Å². The number of carboxylic acids is 1. The van der Waals surface area contributed by atoms with Crippen molar-refractivity contribution in [1.82, 2.24) is 5.32 Å².